The molecule has 0 heterocycles. The van der Waals surface area contributed by atoms with E-state index in [1.54, 1.807) is 0 Å². The zero-order valence-corrected chi connectivity index (χ0v) is 10.0. The second-order valence-corrected chi connectivity index (χ2v) is 4.51. The summed E-state index contributed by atoms with van der Waals surface area (Å²) in [5, 5.41) is 3.30. The Bertz CT molecular complexity index is 162. The van der Waals surface area contributed by atoms with Crippen LogP contribution in [-0.4, -0.2) is 25.3 Å². The summed E-state index contributed by atoms with van der Waals surface area (Å²) in [6.45, 7) is 7.64. The van der Waals surface area contributed by atoms with Crippen molar-refractivity contribution in [1.82, 2.24) is 5.32 Å². The summed E-state index contributed by atoms with van der Waals surface area (Å²) in [4.78, 5) is 0. The monoisotopic (exact) mass is 211 g/mol. The van der Waals surface area contributed by atoms with Crippen LogP contribution in [0.2, 0.25) is 0 Å². The highest BCUT2D eigenvalue weighted by Gasteiger charge is 2.15. The van der Waals surface area contributed by atoms with Gasteiger partial charge in [-0.05, 0) is 19.8 Å². The molecule has 1 aliphatic rings. The Labute approximate surface area is 94.1 Å². The lowest BCUT2D eigenvalue weighted by atomic mass is 10.1. The second kappa shape index (κ2) is 7.89. The van der Waals surface area contributed by atoms with Gasteiger partial charge in [0.1, 0.15) is 0 Å². The summed E-state index contributed by atoms with van der Waals surface area (Å²) < 4.78 is 6.02. The molecule has 1 atom stereocenters. The molecule has 2 nitrogen and oxygen atoms in total. The Hall–Kier alpha value is -0.340. The molecule has 0 amide bonds. The van der Waals surface area contributed by atoms with E-state index in [0.717, 1.165) is 13.1 Å². The lowest BCUT2D eigenvalue weighted by Gasteiger charge is -2.21. The van der Waals surface area contributed by atoms with Gasteiger partial charge in [0.25, 0.3) is 0 Å². The third-order valence-corrected chi connectivity index (χ3v) is 2.95. The predicted octanol–water partition coefficient (Wildman–Crippen LogP) is 2.89. The van der Waals surface area contributed by atoms with Crippen LogP contribution in [0.4, 0.5) is 0 Å². The minimum atomic E-state index is 0.327. The van der Waals surface area contributed by atoms with Gasteiger partial charge in [-0.2, -0.15) is 0 Å². The zero-order valence-electron chi connectivity index (χ0n) is 10.0. The minimum Gasteiger partial charge on any atom is -0.374 e. The Balaban J connectivity index is 2.11. The van der Waals surface area contributed by atoms with Gasteiger partial charge in [-0.3, -0.25) is 0 Å². The van der Waals surface area contributed by atoms with Crippen LogP contribution in [-0.2, 0) is 4.74 Å². The third-order valence-electron chi connectivity index (χ3n) is 2.95. The second-order valence-electron chi connectivity index (χ2n) is 4.51. The first-order valence-corrected chi connectivity index (χ1v) is 6.30. The Morgan fingerprint density at radius 1 is 1.33 bits per heavy atom. The average molecular weight is 211 g/mol. The molecule has 1 N–H and O–H groups in total. The Kier molecular flexibility index (Phi) is 6.69. The standard InChI is InChI=1S/C13H25NO/c1-3-10-14-11-12(2)15-13-8-6-4-5-7-9-13/h3,12-14H,1,4-11H2,2H3. The van der Waals surface area contributed by atoms with E-state index in [-0.39, 0.29) is 0 Å². The van der Waals surface area contributed by atoms with Gasteiger partial charge >= 0.3 is 0 Å². The summed E-state index contributed by atoms with van der Waals surface area (Å²) in [5.74, 6) is 0. The Morgan fingerprint density at radius 3 is 2.60 bits per heavy atom. The maximum Gasteiger partial charge on any atom is 0.0675 e. The van der Waals surface area contributed by atoms with Crippen LogP contribution in [0.3, 0.4) is 0 Å². The van der Waals surface area contributed by atoms with Crippen molar-refractivity contribution >= 4 is 0 Å². The highest BCUT2D eigenvalue weighted by molar-refractivity contribution is 4.72. The highest BCUT2D eigenvalue weighted by atomic mass is 16.5. The lowest BCUT2D eigenvalue weighted by Crippen LogP contribution is -2.30. The number of rotatable bonds is 6. The molecule has 2 heteroatoms. The SMILES string of the molecule is C=CCNCC(C)OC1CCCCCC1. The zero-order chi connectivity index (χ0) is 10.9. The van der Waals surface area contributed by atoms with E-state index in [4.69, 9.17) is 4.74 Å². The van der Waals surface area contributed by atoms with Crippen molar-refractivity contribution in [2.45, 2.75) is 57.7 Å². The molecule has 1 unspecified atom stereocenters. The summed E-state index contributed by atoms with van der Waals surface area (Å²) in [6, 6.07) is 0. The number of hydrogen-bond acceptors (Lipinski definition) is 2. The van der Waals surface area contributed by atoms with Crippen LogP contribution in [0.15, 0.2) is 12.7 Å². The van der Waals surface area contributed by atoms with Crippen LogP contribution in [0.5, 0.6) is 0 Å². The van der Waals surface area contributed by atoms with Gasteiger partial charge in [-0.25, -0.2) is 0 Å². The summed E-state index contributed by atoms with van der Waals surface area (Å²) in [7, 11) is 0. The first kappa shape index (κ1) is 12.7. The van der Waals surface area contributed by atoms with E-state index < -0.39 is 0 Å². The minimum absolute atomic E-state index is 0.327. The van der Waals surface area contributed by atoms with Crippen molar-refractivity contribution in [3.63, 3.8) is 0 Å². The molecule has 0 saturated heterocycles. The van der Waals surface area contributed by atoms with Crippen molar-refractivity contribution in [3.8, 4) is 0 Å². The molecule has 0 spiro atoms. The number of hydrogen-bond donors (Lipinski definition) is 1. The van der Waals surface area contributed by atoms with E-state index in [1.807, 2.05) is 6.08 Å². The molecule has 0 aliphatic heterocycles. The largest absolute Gasteiger partial charge is 0.374 e. The topological polar surface area (TPSA) is 21.3 Å². The smallest absolute Gasteiger partial charge is 0.0675 e. The molecule has 1 rings (SSSR count). The van der Waals surface area contributed by atoms with E-state index in [2.05, 4.69) is 18.8 Å². The Morgan fingerprint density at radius 2 is 2.00 bits per heavy atom. The molecule has 15 heavy (non-hydrogen) atoms. The van der Waals surface area contributed by atoms with Gasteiger partial charge in [0, 0.05) is 13.1 Å². The van der Waals surface area contributed by atoms with Gasteiger partial charge in [0.05, 0.1) is 12.2 Å². The van der Waals surface area contributed by atoms with Crippen molar-refractivity contribution < 1.29 is 4.74 Å². The molecular formula is C13H25NO. The maximum absolute atomic E-state index is 6.02. The number of ether oxygens (including phenoxy) is 1. The fourth-order valence-corrected chi connectivity index (χ4v) is 2.14. The maximum atomic E-state index is 6.02. The van der Waals surface area contributed by atoms with Crippen LogP contribution in [0, 0.1) is 0 Å². The van der Waals surface area contributed by atoms with Crippen molar-refractivity contribution in [1.29, 1.82) is 0 Å². The number of nitrogens with one attached hydrogen (secondary N) is 1. The normalized spacial score (nSPS) is 20.9. The fraction of sp³-hybridized carbons (Fsp3) is 0.846. The van der Waals surface area contributed by atoms with Gasteiger partial charge in [-0.15, -0.1) is 6.58 Å². The molecule has 0 aromatic heterocycles. The molecule has 1 aliphatic carbocycles. The van der Waals surface area contributed by atoms with E-state index >= 15 is 0 Å². The first-order valence-electron chi connectivity index (χ1n) is 6.30. The van der Waals surface area contributed by atoms with Crippen LogP contribution in [0.25, 0.3) is 0 Å². The van der Waals surface area contributed by atoms with Gasteiger partial charge in [0.15, 0.2) is 0 Å². The van der Waals surface area contributed by atoms with Crippen LogP contribution >= 0.6 is 0 Å². The molecule has 0 bridgehead atoms. The first-order chi connectivity index (χ1) is 7.33. The summed E-state index contributed by atoms with van der Waals surface area (Å²) in [5.41, 5.74) is 0. The van der Waals surface area contributed by atoms with Gasteiger partial charge in [0.2, 0.25) is 0 Å². The molecule has 1 fully saturated rings. The van der Waals surface area contributed by atoms with Gasteiger partial charge in [-0.1, -0.05) is 31.8 Å². The fourth-order valence-electron chi connectivity index (χ4n) is 2.14. The highest BCUT2D eigenvalue weighted by Crippen LogP contribution is 2.20. The quantitative estimate of drug-likeness (QED) is 0.414. The van der Waals surface area contributed by atoms with E-state index in [0.29, 0.717) is 12.2 Å². The van der Waals surface area contributed by atoms with Crippen molar-refractivity contribution in [3.05, 3.63) is 12.7 Å². The summed E-state index contributed by atoms with van der Waals surface area (Å²) >= 11 is 0. The average Bonchev–Trinajstić information content (AvgIpc) is 2.47. The predicted molar refractivity (Wildman–Crippen MR) is 65.1 cm³/mol. The lowest BCUT2D eigenvalue weighted by molar-refractivity contribution is -0.00831. The van der Waals surface area contributed by atoms with E-state index in [1.165, 1.54) is 38.5 Å². The molecular weight excluding hydrogens is 186 g/mol. The molecule has 0 radical (unpaired) electrons. The van der Waals surface area contributed by atoms with Crippen molar-refractivity contribution in [2.24, 2.45) is 0 Å². The van der Waals surface area contributed by atoms with E-state index in [9.17, 15) is 0 Å². The van der Waals surface area contributed by atoms with Crippen LogP contribution < -0.4 is 5.32 Å². The third kappa shape index (κ3) is 5.95. The van der Waals surface area contributed by atoms with Gasteiger partial charge < -0.3 is 10.1 Å². The molecule has 0 aromatic carbocycles. The summed E-state index contributed by atoms with van der Waals surface area (Å²) in [6.07, 6.45) is 10.7. The molecule has 88 valence electrons. The molecule has 1 saturated carbocycles. The van der Waals surface area contributed by atoms with Crippen molar-refractivity contribution in [2.75, 3.05) is 13.1 Å². The van der Waals surface area contributed by atoms with Crippen LogP contribution in [0.1, 0.15) is 45.4 Å². The molecule has 0 aromatic rings.